The molecular formula is C21H31F2N5O2. The monoisotopic (exact) mass is 423 g/mol. The Morgan fingerprint density at radius 2 is 2.03 bits per heavy atom. The van der Waals surface area contributed by atoms with Crippen molar-refractivity contribution in [2.75, 3.05) is 13.7 Å². The van der Waals surface area contributed by atoms with Crippen LogP contribution in [0.25, 0.3) is 0 Å². The smallest absolute Gasteiger partial charge is 0.387 e. The lowest BCUT2D eigenvalue weighted by atomic mass is 10.1. The molecule has 1 heterocycles. The largest absolute Gasteiger partial charge is 0.497 e. The molecular weight excluding hydrogens is 392 g/mol. The Morgan fingerprint density at radius 3 is 2.60 bits per heavy atom. The summed E-state index contributed by atoms with van der Waals surface area (Å²) in [6, 6.07) is 4.90. The first-order valence-electron chi connectivity index (χ1n) is 9.90. The van der Waals surface area contributed by atoms with E-state index in [1.54, 1.807) is 12.1 Å². The maximum absolute atomic E-state index is 12.8. The lowest BCUT2D eigenvalue weighted by Gasteiger charge is -2.18. The van der Waals surface area contributed by atoms with Crippen molar-refractivity contribution in [1.29, 1.82) is 0 Å². The maximum atomic E-state index is 12.8. The molecule has 0 aliphatic rings. The zero-order valence-electron chi connectivity index (χ0n) is 18.4. The van der Waals surface area contributed by atoms with Gasteiger partial charge in [-0.1, -0.05) is 0 Å². The molecule has 0 fully saturated rings. The summed E-state index contributed by atoms with van der Waals surface area (Å²) in [5.74, 6) is 1.10. The van der Waals surface area contributed by atoms with Gasteiger partial charge in [-0.05, 0) is 51.8 Å². The summed E-state index contributed by atoms with van der Waals surface area (Å²) in [5.41, 5.74) is 3.89. The number of nitrogens with zero attached hydrogens (tertiary/aromatic N) is 3. The lowest BCUT2D eigenvalue weighted by Crippen LogP contribution is -2.43. The lowest BCUT2D eigenvalue weighted by molar-refractivity contribution is -0.0505. The number of hydrogen-bond acceptors (Lipinski definition) is 4. The summed E-state index contributed by atoms with van der Waals surface area (Å²) < 4.78 is 37.2. The predicted octanol–water partition coefficient (Wildman–Crippen LogP) is 3.33. The molecule has 1 unspecified atom stereocenters. The van der Waals surface area contributed by atoms with Crippen LogP contribution in [0, 0.1) is 13.8 Å². The van der Waals surface area contributed by atoms with E-state index in [1.165, 1.54) is 18.7 Å². The average Bonchev–Trinajstić information content (AvgIpc) is 2.92. The number of aromatic nitrogens is 2. The number of ether oxygens (including phenoxy) is 2. The molecule has 0 radical (unpaired) electrons. The first-order valence-corrected chi connectivity index (χ1v) is 9.90. The zero-order valence-corrected chi connectivity index (χ0v) is 18.4. The van der Waals surface area contributed by atoms with E-state index in [1.807, 2.05) is 25.6 Å². The van der Waals surface area contributed by atoms with Crippen LogP contribution in [0.5, 0.6) is 11.5 Å². The number of methoxy groups -OCH3 is 1. The van der Waals surface area contributed by atoms with Gasteiger partial charge in [0.05, 0.1) is 19.3 Å². The highest BCUT2D eigenvalue weighted by molar-refractivity contribution is 5.80. The van der Waals surface area contributed by atoms with E-state index in [9.17, 15) is 8.78 Å². The van der Waals surface area contributed by atoms with Gasteiger partial charge in [-0.25, -0.2) is 4.99 Å². The Balaban J connectivity index is 2.14. The number of halogens is 2. The second kappa shape index (κ2) is 10.8. The molecule has 2 rings (SSSR count). The van der Waals surface area contributed by atoms with Gasteiger partial charge in [-0.2, -0.15) is 13.9 Å². The number of alkyl halides is 2. The highest BCUT2D eigenvalue weighted by Crippen LogP contribution is 2.27. The number of aliphatic imine (C=N–C) groups is 1. The molecule has 7 nitrogen and oxygen atoms in total. The fourth-order valence-electron chi connectivity index (χ4n) is 3.19. The van der Waals surface area contributed by atoms with E-state index < -0.39 is 6.61 Å². The Labute approximate surface area is 176 Å². The minimum absolute atomic E-state index is 0.0543. The highest BCUT2D eigenvalue weighted by atomic mass is 19.3. The normalized spacial score (nSPS) is 12.8. The third-order valence-corrected chi connectivity index (χ3v) is 4.79. The Kier molecular flexibility index (Phi) is 8.44. The second-order valence-electron chi connectivity index (χ2n) is 7.07. The first-order chi connectivity index (χ1) is 14.2. The van der Waals surface area contributed by atoms with Crippen molar-refractivity contribution in [1.82, 2.24) is 20.4 Å². The van der Waals surface area contributed by atoms with E-state index in [2.05, 4.69) is 39.3 Å². The number of aryl methyl sites for hydroxylation is 2. The Hall–Kier alpha value is -2.84. The molecule has 1 atom stereocenters. The van der Waals surface area contributed by atoms with Gasteiger partial charge in [-0.3, -0.25) is 4.68 Å². The third kappa shape index (κ3) is 6.33. The van der Waals surface area contributed by atoms with Gasteiger partial charge in [0.1, 0.15) is 11.5 Å². The van der Waals surface area contributed by atoms with E-state index >= 15 is 0 Å². The van der Waals surface area contributed by atoms with Crippen LogP contribution in [0.1, 0.15) is 36.4 Å². The quantitative estimate of drug-likeness (QED) is 0.478. The molecule has 0 spiro atoms. The molecule has 0 saturated carbocycles. The van der Waals surface area contributed by atoms with Crippen molar-refractivity contribution < 1.29 is 18.3 Å². The van der Waals surface area contributed by atoms with Gasteiger partial charge in [0.15, 0.2) is 5.96 Å². The van der Waals surface area contributed by atoms with Crippen LogP contribution in [0.15, 0.2) is 23.2 Å². The van der Waals surface area contributed by atoms with Crippen molar-refractivity contribution in [3.8, 4) is 11.5 Å². The standard InChI is InChI=1S/C21H31F2N5O2/c1-7-24-21(26-13(2)10-18-14(3)27-28(5)15(18)4)25-12-16-8-9-17(29-6)11-19(16)30-20(22)23/h8-9,11,13,20H,7,10,12H2,1-6H3,(H2,24,25,26). The van der Waals surface area contributed by atoms with Crippen LogP contribution in [0.2, 0.25) is 0 Å². The minimum atomic E-state index is -2.92. The van der Waals surface area contributed by atoms with Crippen molar-refractivity contribution in [3.05, 3.63) is 40.7 Å². The van der Waals surface area contributed by atoms with Crippen LogP contribution < -0.4 is 20.1 Å². The molecule has 2 aromatic rings. The number of guanidine groups is 1. The van der Waals surface area contributed by atoms with Crippen LogP contribution in [0.4, 0.5) is 8.78 Å². The van der Waals surface area contributed by atoms with E-state index in [0.29, 0.717) is 23.8 Å². The zero-order chi connectivity index (χ0) is 22.3. The van der Waals surface area contributed by atoms with E-state index in [4.69, 9.17) is 4.74 Å². The van der Waals surface area contributed by atoms with Gasteiger partial charge < -0.3 is 20.1 Å². The summed E-state index contributed by atoms with van der Waals surface area (Å²) in [5, 5.41) is 11.0. The summed E-state index contributed by atoms with van der Waals surface area (Å²) in [4.78, 5) is 4.55. The molecule has 166 valence electrons. The van der Waals surface area contributed by atoms with Crippen LogP contribution in [-0.4, -0.2) is 42.0 Å². The predicted molar refractivity (Wildman–Crippen MR) is 113 cm³/mol. The molecule has 0 aliphatic heterocycles. The van der Waals surface area contributed by atoms with Crippen molar-refractivity contribution in [2.45, 2.75) is 53.3 Å². The topological polar surface area (TPSA) is 72.7 Å². The summed E-state index contributed by atoms with van der Waals surface area (Å²) >= 11 is 0. The fraction of sp³-hybridized carbons (Fsp3) is 0.524. The first kappa shape index (κ1) is 23.4. The molecule has 0 saturated heterocycles. The second-order valence-corrected chi connectivity index (χ2v) is 7.07. The molecule has 0 bridgehead atoms. The minimum Gasteiger partial charge on any atom is -0.497 e. The van der Waals surface area contributed by atoms with Gasteiger partial charge >= 0.3 is 6.61 Å². The van der Waals surface area contributed by atoms with Gasteiger partial charge in [-0.15, -0.1) is 0 Å². The average molecular weight is 424 g/mol. The fourth-order valence-corrected chi connectivity index (χ4v) is 3.19. The number of hydrogen-bond donors (Lipinski definition) is 2. The maximum Gasteiger partial charge on any atom is 0.387 e. The molecule has 0 aliphatic carbocycles. The third-order valence-electron chi connectivity index (χ3n) is 4.79. The van der Waals surface area contributed by atoms with Gasteiger partial charge in [0.2, 0.25) is 0 Å². The van der Waals surface area contributed by atoms with Crippen molar-refractivity contribution in [2.24, 2.45) is 12.0 Å². The van der Waals surface area contributed by atoms with E-state index in [-0.39, 0.29) is 18.3 Å². The Bertz CT molecular complexity index is 867. The summed E-state index contributed by atoms with van der Waals surface area (Å²) in [6.07, 6.45) is 0.790. The molecule has 1 aromatic carbocycles. The SMILES string of the molecule is CCNC(=NCc1ccc(OC)cc1OC(F)F)NC(C)Cc1c(C)nn(C)c1C. The number of benzene rings is 1. The number of rotatable bonds is 9. The molecule has 30 heavy (non-hydrogen) atoms. The molecule has 9 heteroatoms. The molecule has 2 N–H and O–H groups in total. The summed E-state index contributed by atoms with van der Waals surface area (Å²) in [6.45, 7) is 6.02. The molecule has 0 amide bonds. The Morgan fingerprint density at radius 1 is 1.30 bits per heavy atom. The summed E-state index contributed by atoms with van der Waals surface area (Å²) in [7, 11) is 3.41. The van der Waals surface area contributed by atoms with Crippen molar-refractivity contribution >= 4 is 5.96 Å². The van der Waals surface area contributed by atoms with Crippen molar-refractivity contribution in [3.63, 3.8) is 0 Å². The van der Waals surface area contributed by atoms with Crippen LogP contribution in [-0.2, 0) is 20.0 Å². The van der Waals surface area contributed by atoms with Crippen LogP contribution >= 0.6 is 0 Å². The highest BCUT2D eigenvalue weighted by Gasteiger charge is 2.15. The number of nitrogens with one attached hydrogen (secondary N) is 2. The van der Waals surface area contributed by atoms with Gasteiger partial charge in [0, 0.05) is 37.0 Å². The van der Waals surface area contributed by atoms with Gasteiger partial charge in [0.25, 0.3) is 0 Å². The van der Waals surface area contributed by atoms with E-state index in [0.717, 1.165) is 17.8 Å². The molecule has 1 aromatic heterocycles. The van der Waals surface area contributed by atoms with Crippen LogP contribution in [0.3, 0.4) is 0 Å².